The summed E-state index contributed by atoms with van der Waals surface area (Å²) >= 11 is 0. The van der Waals surface area contributed by atoms with E-state index in [9.17, 15) is 0 Å². The second-order valence-electron chi connectivity index (χ2n) is 5.78. The highest BCUT2D eigenvalue weighted by Gasteiger charge is 2.35. The van der Waals surface area contributed by atoms with Crippen molar-refractivity contribution in [2.75, 3.05) is 19.8 Å². The summed E-state index contributed by atoms with van der Waals surface area (Å²) < 4.78 is 11.8. The first-order chi connectivity index (χ1) is 10.2. The van der Waals surface area contributed by atoms with Crippen LogP contribution in [0.25, 0.3) is 0 Å². The van der Waals surface area contributed by atoms with Crippen molar-refractivity contribution < 1.29 is 9.47 Å². The molecule has 1 N–H and O–H groups in total. The van der Waals surface area contributed by atoms with Gasteiger partial charge in [0.25, 0.3) is 0 Å². The van der Waals surface area contributed by atoms with E-state index < -0.39 is 0 Å². The second-order valence-corrected chi connectivity index (χ2v) is 5.78. The summed E-state index contributed by atoms with van der Waals surface area (Å²) in [7, 11) is 0. The van der Waals surface area contributed by atoms with Gasteiger partial charge in [-0.2, -0.15) is 0 Å². The third kappa shape index (κ3) is 3.78. The molecule has 0 radical (unpaired) electrons. The lowest BCUT2D eigenvalue weighted by atomic mass is 9.85. The van der Waals surface area contributed by atoms with Crippen LogP contribution in [0, 0.1) is 12.8 Å². The molecule has 0 aromatic heterocycles. The fourth-order valence-electron chi connectivity index (χ4n) is 3.38. The van der Waals surface area contributed by atoms with Crippen molar-refractivity contribution in [2.24, 2.45) is 5.92 Å². The number of rotatable bonds is 7. The minimum absolute atomic E-state index is 0.309. The van der Waals surface area contributed by atoms with Crippen molar-refractivity contribution in [3.63, 3.8) is 0 Å². The van der Waals surface area contributed by atoms with Gasteiger partial charge in [0, 0.05) is 24.1 Å². The van der Waals surface area contributed by atoms with Crippen LogP contribution in [0.4, 0.5) is 0 Å². The molecule has 118 valence electrons. The molecule has 0 amide bonds. The van der Waals surface area contributed by atoms with Crippen molar-refractivity contribution in [1.29, 1.82) is 0 Å². The number of nitrogens with one attached hydrogen (secondary N) is 1. The van der Waals surface area contributed by atoms with Gasteiger partial charge in [-0.1, -0.05) is 31.5 Å². The lowest BCUT2D eigenvalue weighted by Gasteiger charge is -2.30. The monoisotopic (exact) mass is 291 g/mol. The van der Waals surface area contributed by atoms with Crippen molar-refractivity contribution >= 4 is 0 Å². The summed E-state index contributed by atoms with van der Waals surface area (Å²) in [6, 6.07) is 6.81. The maximum atomic E-state index is 5.91. The van der Waals surface area contributed by atoms with Gasteiger partial charge >= 0.3 is 0 Å². The van der Waals surface area contributed by atoms with Crippen molar-refractivity contribution in [2.45, 2.75) is 52.7 Å². The summed E-state index contributed by atoms with van der Waals surface area (Å²) in [5.41, 5.74) is 2.57. The van der Waals surface area contributed by atoms with Crippen LogP contribution in [-0.2, 0) is 4.74 Å². The standard InChI is InChI=1S/C18H29NO2/c1-5-16-14(10-11-21-16)18(19-6-2)15-12-13(4)8-9-17(15)20-7-3/h8-9,12,14,16,18-19H,5-7,10-11H2,1-4H3. The minimum Gasteiger partial charge on any atom is -0.494 e. The zero-order valence-electron chi connectivity index (χ0n) is 13.8. The van der Waals surface area contributed by atoms with E-state index in [-0.39, 0.29) is 0 Å². The van der Waals surface area contributed by atoms with Gasteiger partial charge in [0.05, 0.1) is 12.7 Å². The Bertz CT molecular complexity index is 447. The Kier molecular flexibility index (Phi) is 6.07. The SMILES string of the molecule is CCNC(c1cc(C)ccc1OCC)C1CCOC1CC. The van der Waals surface area contributed by atoms with E-state index in [1.54, 1.807) is 0 Å². The normalized spacial score (nSPS) is 23.2. The molecule has 2 rings (SSSR count). The van der Waals surface area contributed by atoms with Gasteiger partial charge < -0.3 is 14.8 Å². The Balaban J connectivity index is 2.34. The quantitative estimate of drug-likeness (QED) is 0.827. The van der Waals surface area contributed by atoms with Gasteiger partial charge in [0.2, 0.25) is 0 Å². The predicted molar refractivity (Wildman–Crippen MR) is 86.9 cm³/mol. The topological polar surface area (TPSA) is 30.5 Å². The highest BCUT2D eigenvalue weighted by atomic mass is 16.5. The fourth-order valence-corrected chi connectivity index (χ4v) is 3.38. The van der Waals surface area contributed by atoms with E-state index in [0.717, 1.165) is 31.7 Å². The van der Waals surface area contributed by atoms with Crippen LogP contribution in [0.2, 0.25) is 0 Å². The van der Waals surface area contributed by atoms with Gasteiger partial charge in [0.15, 0.2) is 0 Å². The molecule has 1 aliphatic heterocycles. The first kappa shape index (κ1) is 16.3. The van der Waals surface area contributed by atoms with Crippen molar-refractivity contribution in [3.8, 4) is 5.75 Å². The molecular weight excluding hydrogens is 262 g/mol. The van der Waals surface area contributed by atoms with Crippen LogP contribution in [0.3, 0.4) is 0 Å². The number of aryl methyl sites for hydroxylation is 1. The maximum absolute atomic E-state index is 5.91. The third-order valence-electron chi connectivity index (χ3n) is 4.32. The van der Waals surface area contributed by atoms with Crippen LogP contribution in [0.5, 0.6) is 5.75 Å². The van der Waals surface area contributed by atoms with Gasteiger partial charge in [-0.25, -0.2) is 0 Å². The molecule has 1 heterocycles. The number of hydrogen-bond donors (Lipinski definition) is 1. The molecule has 0 spiro atoms. The third-order valence-corrected chi connectivity index (χ3v) is 4.32. The highest BCUT2D eigenvalue weighted by molar-refractivity contribution is 5.40. The molecule has 3 nitrogen and oxygen atoms in total. The zero-order chi connectivity index (χ0) is 15.2. The summed E-state index contributed by atoms with van der Waals surface area (Å²) in [6.45, 7) is 11.1. The van der Waals surface area contributed by atoms with Crippen LogP contribution in [0.15, 0.2) is 18.2 Å². The van der Waals surface area contributed by atoms with Crippen molar-refractivity contribution in [1.82, 2.24) is 5.32 Å². The zero-order valence-corrected chi connectivity index (χ0v) is 13.8. The Labute approximate surface area is 129 Å². The van der Waals surface area contributed by atoms with E-state index in [0.29, 0.717) is 24.7 Å². The van der Waals surface area contributed by atoms with Gasteiger partial charge in [-0.3, -0.25) is 0 Å². The minimum atomic E-state index is 0.309. The highest BCUT2D eigenvalue weighted by Crippen LogP contribution is 2.38. The molecule has 0 aliphatic carbocycles. The predicted octanol–water partition coefficient (Wildman–Crippen LogP) is 3.86. The van der Waals surface area contributed by atoms with Crippen LogP contribution < -0.4 is 10.1 Å². The average Bonchev–Trinajstić information content (AvgIpc) is 2.95. The molecular formula is C18H29NO2. The summed E-state index contributed by atoms with van der Waals surface area (Å²) in [5, 5.41) is 3.67. The average molecular weight is 291 g/mol. The molecule has 3 unspecified atom stereocenters. The Morgan fingerprint density at radius 2 is 2.14 bits per heavy atom. The van der Waals surface area contributed by atoms with Crippen molar-refractivity contribution in [3.05, 3.63) is 29.3 Å². The maximum Gasteiger partial charge on any atom is 0.124 e. The first-order valence-electron chi connectivity index (χ1n) is 8.29. The lowest BCUT2D eigenvalue weighted by Crippen LogP contribution is -2.33. The Morgan fingerprint density at radius 1 is 1.33 bits per heavy atom. The molecule has 21 heavy (non-hydrogen) atoms. The molecule has 3 heteroatoms. The number of hydrogen-bond acceptors (Lipinski definition) is 3. The second kappa shape index (κ2) is 7.81. The molecule has 1 aliphatic rings. The first-order valence-corrected chi connectivity index (χ1v) is 8.29. The molecule has 1 aromatic carbocycles. The van der Waals surface area contributed by atoms with Gasteiger partial charge in [-0.15, -0.1) is 0 Å². The van der Waals surface area contributed by atoms with Crippen LogP contribution in [0.1, 0.15) is 50.8 Å². The Hall–Kier alpha value is -1.06. The van der Waals surface area contributed by atoms with E-state index >= 15 is 0 Å². The van der Waals surface area contributed by atoms with Gasteiger partial charge in [0.1, 0.15) is 5.75 Å². The fraction of sp³-hybridized carbons (Fsp3) is 0.667. The van der Waals surface area contributed by atoms with Crippen LogP contribution in [-0.4, -0.2) is 25.9 Å². The summed E-state index contributed by atoms with van der Waals surface area (Å²) in [4.78, 5) is 0. The Morgan fingerprint density at radius 3 is 2.81 bits per heavy atom. The number of ether oxygens (including phenoxy) is 2. The molecule has 0 bridgehead atoms. The molecule has 0 saturated carbocycles. The van der Waals surface area contributed by atoms with Crippen LogP contribution >= 0.6 is 0 Å². The molecule has 1 aromatic rings. The van der Waals surface area contributed by atoms with Gasteiger partial charge in [-0.05, 0) is 39.3 Å². The number of benzene rings is 1. The molecule has 1 fully saturated rings. The lowest BCUT2D eigenvalue weighted by molar-refractivity contribution is 0.0772. The summed E-state index contributed by atoms with van der Waals surface area (Å²) in [6.07, 6.45) is 2.54. The van der Waals surface area contributed by atoms with E-state index in [2.05, 4.69) is 44.3 Å². The van der Waals surface area contributed by atoms with E-state index in [4.69, 9.17) is 9.47 Å². The van der Waals surface area contributed by atoms with E-state index in [1.165, 1.54) is 11.1 Å². The van der Waals surface area contributed by atoms with E-state index in [1.807, 2.05) is 6.92 Å². The molecule has 3 atom stereocenters. The largest absolute Gasteiger partial charge is 0.494 e. The smallest absolute Gasteiger partial charge is 0.124 e. The summed E-state index contributed by atoms with van der Waals surface area (Å²) in [5.74, 6) is 1.53. The molecule has 1 saturated heterocycles.